The second kappa shape index (κ2) is 3.96. The SMILES string of the molecule is COC(=O)C(O)c1cccc2scnc12. The average Bonchev–Trinajstić information content (AvgIpc) is 2.74. The number of fused-ring (bicyclic) bond motifs is 1. The molecular formula is C10H9NO3S. The Balaban J connectivity index is 2.51. The summed E-state index contributed by atoms with van der Waals surface area (Å²) in [6.07, 6.45) is -1.26. The molecule has 1 heterocycles. The molecule has 1 unspecified atom stereocenters. The number of carbonyl (C=O) groups is 1. The highest BCUT2D eigenvalue weighted by atomic mass is 32.1. The number of nitrogens with zero attached hydrogens (tertiary/aromatic N) is 1. The van der Waals surface area contributed by atoms with Gasteiger partial charge in [0.2, 0.25) is 0 Å². The third kappa shape index (κ3) is 1.71. The van der Waals surface area contributed by atoms with Gasteiger partial charge in [-0.15, -0.1) is 11.3 Å². The maximum absolute atomic E-state index is 11.2. The number of esters is 1. The van der Waals surface area contributed by atoms with Gasteiger partial charge in [-0.25, -0.2) is 9.78 Å². The van der Waals surface area contributed by atoms with Crippen molar-refractivity contribution in [1.82, 2.24) is 4.98 Å². The van der Waals surface area contributed by atoms with Crippen LogP contribution in [0.15, 0.2) is 23.7 Å². The van der Waals surface area contributed by atoms with Gasteiger partial charge in [0.15, 0.2) is 6.10 Å². The van der Waals surface area contributed by atoms with Crippen LogP contribution in [-0.2, 0) is 9.53 Å². The third-order valence-electron chi connectivity index (χ3n) is 2.11. The number of ether oxygens (including phenoxy) is 1. The standard InChI is InChI=1S/C10H9NO3S/c1-14-10(13)9(12)6-3-2-4-7-8(6)11-5-15-7/h2-5,9,12H,1H3. The Bertz CT molecular complexity index is 494. The summed E-state index contributed by atoms with van der Waals surface area (Å²) < 4.78 is 5.42. The van der Waals surface area contributed by atoms with Crippen LogP contribution in [0.5, 0.6) is 0 Å². The fourth-order valence-corrected chi connectivity index (χ4v) is 2.08. The number of hydrogen-bond acceptors (Lipinski definition) is 5. The molecule has 0 saturated carbocycles. The molecule has 0 fully saturated rings. The van der Waals surface area contributed by atoms with E-state index in [1.807, 2.05) is 6.07 Å². The quantitative estimate of drug-likeness (QED) is 0.784. The van der Waals surface area contributed by atoms with Crippen molar-refractivity contribution in [2.45, 2.75) is 6.10 Å². The minimum atomic E-state index is -1.26. The number of methoxy groups -OCH3 is 1. The fourth-order valence-electron chi connectivity index (χ4n) is 1.37. The number of aliphatic hydroxyl groups is 1. The summed E-state index contributed by atoms with van der Waals surface area (Å²) >= 11 is 1.46. The molecule has 0 aliphatic rings. The van der Waals surface area contributed by atoms with Gasteiger partial charge in [0, 0.05) is 5.56 Å². The van der Waals surface area contributed by atoms with Crippen LogP contribution in [0.4, 0.5) is 0 Å². The lowest BCUT2D eigenvalue weighted by Gasteiger charge is -2.08. The van der Waals surface area contributed by atoms with E-state index in [0.29, 0.717) is 11.1 Å². The molecule has 0 amide bonds. The molecule has 2 rings (SSSR count). The van der Waals surface area contributed by atoms with Gasteiger partial charge in [0.25, 0.3) is 0 Å². The van der Waals surface area contributed by atoms with Gasteiger partial charge in [0.1, 0.15) is 0 Å². The molecule has 1 aromatic heterocycles. The molecule has 1 aromatic carbocycles. The Morgan fingerprint density at radius 1 is 1.60 bits per heavy atom. The molecule has 2 aromatic rings. The highest BCUT2D eigenvalue weighted by Crippen LogP contribution is 2.26. The van der Waals surface area contributed by atoms with Crippen molar-refractivity contribution in [1.29, 1.82) is 0 Å². The van der Waals surface area contributed by atoms with E-state index >= 15 is 0 Å². The molecule has 0 aliphatic carbocycles. The van der Waals surface area contributed by atoms with Gasteiger partial charge in [0.05, 0.1) is 22.8 Å². The Morgan fingerprint density at radius 3 is 3.13 bits per heavy atom. The molecule has 1 N–H and O–H groups in total. The van der Waals surface area contributed by atoms with E-state index in [4.69, 9.17) is 0 Å². The zero-order valence-electron chi connectivity index (χ0n) is 8.01. The number of carbonyl (C=O) groups excluding carboxylic acids is 1. The third-order valence-corrected chi connectivity index (χ3v) is 2.90. The zero-order valence-corrected chi connectivity index (χ0v) is 8.82. The van der Waals surface area contributed by atoms with Gasteiger partial charge in [-0.1, -0.05) is 12.1 Å². The van der Waals surface area contributed by atoms with Crippen LogP contribution in [0.25, 0.3) is 10.2 Å². The molecule has 1 atom stereocenters. The largest absolute Gasteiger partial charge is 0.467 e. The van der Waals surface area contributed by atoms with Gasteiger partial charge in [-0.2, -0.15) is 0 Å². The molecule has 15 heavy (non-hydrogen) atoms. The van der Waals surface area contributed by atoms with Crippen LogP contribution in [0, 0.1) is 0 Å². The summed E-state index contributed by atoms with van der Waals surface area (Å²) in [6, 6.07) is 5.34. The minimum Gasteiger partial charge on any atom is -0.467 e. The first-order valence-corrected chi connectivity index (χ1v) is 5.20. The topological polar surface area (TPSA) is 59.4 Å². The first kappa shape index (κ1) is 10.1. The summed E-state index contributed by atoms with van der Waals surface area (Å²) in [5, 5.41) is 9.70. The highest BCUT2D eigenvalue weighted by molar-refractivity contribution is 7.16. The molecule has 0 aliphatic heterocycles. The second-order valence-electron chi connectivity index (χ2n) is 2.97. The Hall–Kier alpha value is -1.46. The summed E-state index contributed by atoms with van der Waals surface area (Å²) in [4.78, 5) is 15.3. The van der Waals surface area contributed by atoms with Crippen molar-refractivity contribution in [2.24, 2.45) is 0 Å². The summed E-state index contributed by atoms with van der Waals surface area (Å²) in [5.41, 5.74) is 2.82. The number of thiazole rings is 1. The summed E-state index contributed by atoms with van der Waals surface area (Å²) in [6.45, 7) is 0. The van der Waals surface area contributed by atoms with Gasteiger partial charge >= 0.3 is 5.97 Å². The molecule has 78 valence electrons. The number of aromatic nitrogens is 1. The molecule has 4 nitrogen and oxygen atoms in total. The maximum Gasteiger partial charge on any atom is 0.339 e. The molecule has 0 spiro atoms. The van der Waals surface area contributed by atoms with E-state index in [9.17, 15) is 9.90 Å². The number of hydrogen-bond donors (Lipinski definition) is 1. The average molecular weight is 223 g/mol. The van der Waals surface area contributed by atoms with Crippen molar-refractivity contribution in [2.75, 3.05) is 7.11 Å². The second-order valence-corrected chi connectivity index (χ2v) is 3.86. The zero-order chi connectivity index (χ0) is 10.8. The molecule has 0 saturated heterocycles. The van der Waals surface area contributed by atoms with Crippen molar-refractivity contribution in [3.63, 3.8) is 0 Å². The summed E-state index contributed by atoms with van der Waals surface area (Å²) in [7, 11) is 1.24. The first-order chi connectivity index (χ1) is 7.24. The van der Waals surface area contributed by atoms with Gasteiger partial charge in [-0.3, -0.25) is 0 Å². The van der Waals surface area contributed by atoms with Crippen LogP contribution in [0.1, 0.15) is 11.7 Å². The monoisotopic (exact) mass is 223 g/mol. The Kier molecular flexibility index (Phi) is 2.66. The van der Waals surface area contributed by atoms with Gasteiger partial charge in [-0.05, 0) is 6.07 Å². The van der Waals surface area contributed by atoms with E-state index in [1.54, 1.807) is 17.6 Å². The van der Waals surface area contributed by atoms with Gasteiger partial charge < -0.3 is 9.84 Å². The van der Waals surface area contributed by atoms with Crippen molar-refractivity contribution in [3.05, 3.63) is 29.3 Å². The lowest BCUT2D eigenvalue weighted by molar-refractivity contribution is -0.150. The van der Waals surface area contributed by atoms with Crippen LogP contribution in [0.2, 0.25) is 0 Å². The molecule has 5 heteroatoms. The van der Waals surface area contributed by atoms with Crippen LogP contribution in [0.3, 0.4) is 0 Å². The normalized spacial score (nSPS) is 12.7. The number of benzene rings is 1. The lowest BCUT2D eigenvalue weighted by atomic mass is 10.1. The predicted molar refractivity (Wildman–Crippen MR) is 56.6 cm³/mol. The van der Waals surface area contributed by atoms with Crippen LogP contribution in [-0.4, -0.2) is 23.2 Å². The molecule has 0 bridgehead atoms. The predicted octanol–water partition coefficient (Wildman–Crippen LogP) is 1.50. The van der Waals surface area contributed by atoms with E-state index < -0.39 is 12.1 Å². The minimum absolute atomic E-state index is 0.487. The number of rotatable bonds is 2. The smallest absolute Gasteiger partial charge is 0.339 e. The van der Waals surface area contributed by atoms with E-state index in [1.165, 1.54) is 18.4 Å². The van der Waals surface area contributed by atoms with Crippen molar-refractivity contribution >= 4 is 27.5 Å². The van der Waals surface area contributed by atoms with E-state index in [2.05, 4.69) is 9.72 Å². The fraction of sp³-hybridized carbons (Fsp3) is 0.200. The van der Waals surface area contributed by atoms with E-state index in [0.717, 1.165) is 4.70 Å². The van der Waals surface area contributed by atoms with Crippen molar-refractivity contribution < 1.29 is 14.6 Å². The first-order valence-electron chi connectivity index (χ1n) is 4.32. The van der Waals surface area contributed by atoms with E-state index in [-0.39, 0.29) is 0 Å². The number of para-hydroxylation sites is 1. The molecular weight excluding hydrogens is 214 g/mol. The Morgan fingerprint density at radius 2 is 2.40 bits per heavy atom. The van der Waals surface area contributed by atoms with Crippen LogP contribution < -0.4 is 0 Å². The summed E-state index contributed by atoms with van der Waals surface area (Å²) in [5.74, 6) is -0.671. The Labute approximate surface area is 90.1 Å². The number of aliphatic hydroxyl groups excluding tert-OH is 1. The molecule has 0 radical (unpaired) electrons. The lowest BCUT2D eigenvalue weighted by Crippen LogP contribution is -2.13. The van der Waals surface area contributed by atoms with Crippen molar-refractivity contribution in [3.8, 4) is 0 Å². The highest BCUT2D eigenvalue weighted by Gasteiger charge is 2.20. The van der Waals surface area contributed by atoms with Crippen LogP contribution >= 0.6 is 11.3 Å². The maximum atomic E-state index is 11.2.